The zero-order chi connectivity index (χ0) is 22.9. The van der Waals surface area contributed by atoms with E-state index < -0.39 is 6.17 Å². The van der Waals surface area contributed by atoms with Crippen molar-refractivity contribution < 1.29 is 14.2 Å². The van der Waals surface area contributed by atoms with Crippen LogP contribution in [-0.2, 0) is 0 Å². The quantitative estimate of drug-likeness (QED) is 0.627. The Morgan fingerprint density at radius 3 is 2.53 bits per heavy atom. The molecular formula is C23H27FN6O2. The van der Waals surface area contributed by atoms with Crippen LogP contribution in [0, 0.1) is 0 Å². The standard InChI is InChI=1S/C23H27FN6O2/c1-23(2,3)26-19-13-30(12-17(19)24)21-8-7-18(27-28-21)16-6-5-14(9-20(16)31)15-10-22(32-4)29-25-11-15/h5-11,17,19,26,31H,12-13H2,1-4H3/t17-,19+/m1/s1. The van der Waals surface area contributed by atoms with E-state index in [-0.39, 0.29) is 23.9 Å². The molecule has 0 saturated carbocycles. The van der Waals surface area contributed by atoms with E-state index in [1.54, 1.807) is 36.5 Å². The van der Waals surface area contributed by atoms with E-state index in [0.29, 0.717) is 29.5 Å². The number of methoxy groups -OCH3 is 1. The number of nitrogens with one attached hydrogen (secondary N) is 1. The second kappa shape index (κ2) is 8.66. The molecule has 2 atom stereocenters. The molecule has 0 radical (unpaired) electrons. The van der Waals surface area contributed by atoms with E-state index >= 15 is 0 Å². The average Bonchev–Trinajstić information content (AvgIpc) is 3.12. The Morgan fingerprint density at radius 1 is 1.06 bits per heavy atom. The first-order valence-corrected chi connectivity index (χ1v) is 10.4. The monoisotopic (exact) mass is 438 g/mol. The average molecular weight is 439 g/mol. The Labute approximate surface area is 186 Å². The van der Waals surface area contributed by atoms with Crippen molar-refractivity contribution in [2.24, 2.45) is 0 Å². The minimum absolute atomic E-state index is 0.0692. The number of hydrogen-bond acceptors (Lipinski definition) is 8. The van der Waals surface area contributed by atoms with E-state index in [1.165, 1.54) is 7.11 Å². The first-order valence-electron chi connectivity index (χ1n) is 10.4. The van der Waals surface area contributed by atoms with Crippen molar-refractivity contribution in [3.05, 3.63) is 42.6 Å². The van der Waals surface area contributed by atoms with Crippen LogP contribution in [-0.4, -0.2) is 63.5 Å². The van der Waals surface area contributed by atoms with Crippen molar-refractivity contribution in [1.29, 1.82) is 0 Å². The van der Waals surface area contributed by atoms with E-state index in [9.17, 15) is 9.50 Å². The van der Waals surface area contributed by atoms with Crippen LogP contribution in [0.4, 0.5) is 10.2 Å². The lowest BCUT2D eigenvalue weighted by Crippen LogP contribution is -2.48. The fourth-order valence-electron chi connectivity index (χ4n) is 3.81. The Balaban J connectivity index is 1.51. The number of ether oxygens (including phenoxy) is 1. The fraction of sp³-hybridized carbons (Fsp3) is 0.391. The summed E-state index contributed by atoms with van der Waals surface area (Å²) in [6, 6.07) is 10.3. The largest absolute Gasteiger partial charge is 0.507 e. The number of aromatic hydroxyl groups is 1. The van der Waals surface area contributed by atoms with Gasteiger partial charge in [0.25, 0.3) is 0 Å². The molecule has 0 aliphatic carbocycles. The zero-order valence-electron chi connectivity index (χ0n) is 18.6. The summed E-state index contributed by atoms with van der Waals surface area (Å²) < 4.78 is 19.6. The molecule has 4 rings (SSSR count). The number of benzene rings is 1. The molecule has 168 valence electrons. The van der Waals surface area contributed by atoms with Crippen LogP contribution in [0.3, 0.4) is 0 Å². The molecule has 2 N–H and O–H groups in total. The molecule has 2 aromatic heterocycles. The number of phenolic OH excluding ortho intramolecular Hbond substituents is 1. The molecule has 1 aliphatic heterocycles. The molecule has 0 spiro atoms. The van der Waals surface area contributed by atoms with E-state index in [4.69, 9.17) is 4.74 Å². The maximum Gasteiger partial charge on any atom is 0.233 e. The van der Waals surface area contributed by atoms with Gasteiger partial charge >= 0.3 is 0 Å². The number of nitrogens with zero attached hydrogens (tertiary/aromatic N) is 5. The number of aromatic nitrogens is 4. The predicted molar refractivity (Wildman–Crippen MR) is 120 cm³/mol. The van der Waals surface area contributed by atoms with Gasteiger partial charge in [0.2, 0.25) is 5.88 Å². The van der Waals surface area contributed by atoms with Gasteiger partial charge in [0.05, 0.1) is 31.6 Å². The molecule has 0 bridgehead atoms. The van der Waals surface area contributed by atoms with Crippen molar-refractivity contribution in [1.82, 2.24) is 25.7 Å². The van der Waals surface area contributed by atoms with Crippen LogP contribution >= 0.6 is 0 Å². The Morgan fingerprint density at radius 2 is 1.88 bits per heavy atom. The van der Waals surface area contributed by atoms with Crippen molar-refractivity contribution in [2.75, 3.05) is 25.1 Å². The maximum atomic E-state index is 14.5. The molecule has 3 aromatic rings. The summed E-state index contributed by atoms with van der Waals surface area (Å²) >= 11 is 0. The van der Waals surface area contributed by atoms with Gasteiger partial charge in [-0.1, -0.05) is 6.07 Å². The second-order valence-electron chi connectivity index (χ2n) is 8.92. The molecule has 9 heteroatoms. The Hall–Kier alpha value is -3.33. The molecule has 8 nitrogen and oxygen atoms in total. The first-order chi connectivity index (χ1) is 15.2. The van der Waals surface area contributed by atoms with Gasteiger partial charge in [0, 0.05) is 29.3 Å². The summed E-state index contributed by atoms with van der Waals surface area (Å²) in [4.78, 5) is 1.89. The van der Waals surface area contributed by atoms with Gasteiger partial charge in [-0.25, -0.2) is 4.39 Å². The lowest BCUT2D eigenvalue weighted by Gasteiger charge is -2.26. The van der Waals surface area contributed by atoms with Gasteiger partial charge in [-0.05, 0) is 50.6 Å². The van der Waals surface area contributed by atoms with Gasteiger partial charge < -0.3 is 20.1 Å². The van der Waals surface area contributed by atoms with E-state index in [0.717, 1.165) is 11.1 Å². The van der Waals surface area contributed by atoms with Crippen LogP contribution in [0.1, 0.15) is 20.8 Å². The lowest BCUT2D eigenvalue weighted by atomic mass is 10.0. The van der Waals surface area contributed by atoms with Crippen LogP contribution in [0.2, 0.25) is 0 Å². The number of rotatable bonds is 5. The van der Waals surface area contributed by atoms with Crippen molar-refractivity contribution in [3.8, 4) is 34.0 Å². The molecule has 1 saturated heterocycles. The first kappa shape index (κ1) is 21.9. The highest BCUT2D eigenvalue weighted by Gasteiger charge is 2.35. The summed E-state index contributed by atoms with van der Waals surface area (Å²) in [7, 11) is 1.52. The summed E-state index contributed by atoms with van der Waals surface area (Å²) in [5.41, 5.74) is 2.46. The Kier molecular flexibility index (Phi) is 5.92. The van der Waals surface area contributed by atoms with E-state index in [1.807, 2.05) is 31.7 Å². The van der Waals surface area contributed by atoms with Gasteiger partial charge in [-0.2, -0.15) is 5.10 Å². The minimum Gasteiger partial charge on any atom is -0.507 e. The molecule has 1 fully saturated rings. The van der Waals surface area contributed by atoms with Crippen LogP contribution in [0.5, 0.6) is 11.6 Å². The van der Waals surface area contributed by atoms with Crippen molar-refractivity contribution in [2.45, 2.75) is 38.5 Å². The molecule has 0 unspecified atom stereocenters. The number of alkyl halides is 1. The normalized spacial score (nSPS) is 18.7. The third-order valence-corrected chi connectivity index (χ3v) is 5.29. The van der Waals surface area contributed by atoms with Crippen LogP contribution in [0.15, 0.2) is 42.6 Å². The summed E-state index contributed by atoms with van der Waals surface area (Å²) in [5, 5.41) is 30.2. The molecule has 1 aliphatic rings. The van der Waals surface area contributed by atoms with Crippen molar-refractivity contribution in [3.63, 3.8) is 0 Å². The Bertz CT molecular complexity index is 1090. The highest BCUT2D eigenvalue weighted by atomic mass is 19.1. The van der Waals surface area contributed by atoms with Crippen LogP contribution < -0.4 is 15.0 Å². The smallest absolute Gasteiger partial charge is 0.233 e. The zero-order valence-corrected chi connectivity index (χ0v) is 18.6. The summed E-state index contributed by atoms with van der Waals surface area (Å²) in [6.07, 6.45) is 0.621. The fourth-order valence-corrected chi connectivity index (χ4v) is 3.81. The molecular weight excluding hydrogens is 411 g/mol. The van der Waals surface area contributed by atoms with Crippen molar-refractivity contribution >= 4 is 5.82 Å². The third kappa shape index (κ3) is 4.77. The van der Waals surface area contributed by atoms with Gasteiger partial charge in [0.1, 0.15) is 11.9 Å². The number of hydrogen-bond donors (Lipinski definition) is 2. The molecule has 0 amide bonds. The highest BCUT2D eigenvalue weighted by Crippen LogP contribution is 2.33. The molecule has 1 aromatic carbocycles. The van der Waals surface area contributed by atoms with Crippen LogP contribution in [0.25, 0.3) is 22.4 Å². The number of halogens is 1. The minimum atomic E-state index is -0.978. The van der Waals surface area contributed by atoms with Gasteiger partial charge in [-0.3, -0.25) is 0 Å². The summed E-state index contributed by atoms with van der Waals surface area (Å²) in [5.74, 6) is 1.07. The second-order valence-corrected chi connectivity index (χ2v) is 8.92. The van der Waals surface area contributed by atoms with Gasteiger partial charge in [-0.15, -0.1) is 15.3 Å². The topological polar surface area (TPSA) is 96.3 Å². The van der Waals surface area contributed by atoms with Gasteiger partial charge in [0.15, 0.2) is 5.82 Å². The highest BCUT2D eigenvalue weighted by molar-refractivity contribution is 5.74. The van der Waals surface area contributed by atoms with E-state index in [2.05, 4.69) is 25.7 Å². The third-order valence-electron chi connectivity index (χ3n) is 5.29. The molecule has 3 heterocycles. The number of phenols is 1. The molecule has 32 heavy (non-hydrogen) atoms. The SMILES string of the molecule is COc1cc(-c2ccc(-c3ccc(N4C[C@@H](F)[C@@H](NC(C)(C)C)C4)nn3)c(O)c2)cnn1. The lowest BCUT2D eigenvalue weighted by molar-refractivity contribution is 0.257. The number of anilines is 1. The maximum absolute atomic E-state index is 14.5. The predicted octanol–water partition coefficient (Wildman–Crippen LogP) is 3.23. The summed E-state index contributed by atoms with van der Waals surface area (Å²) in [6.45, 7) is 6.87.